The van der Waals surface area contributed by atoms with Crippen LogP contribution in [-0.4, -0.2) is 23.9 Å². The molecule has 1 aromatic carbocycles. The number of nitrogens with zero attached hydrogens (tertiary/aromatic N) is 1. The summed E-state index contributed by atoms with van der Waals surface area (Å²) in [5.41, 5.74) is 0.581. The van der Waals surface area contributed by atoms with Crippen LogP contribution in [0, 0.1) is 5.92 Å². The molecule has 1 aliphatic heterocycles. The minimum Gasteiger partial charge on any atom is -0.342 e. The lowest BCUT2D eigenvalue weighted by atomic mass is 9.98. The molecule has 20 heavy (non-hydrogen) atoms. The Kier molecular flexibility index (Phi) is 4.25. The van der Waals surface area contributed by atoms with Crippen LogP contribution in [0.1, 0.15) is 20.8 Å². The number of benzene rings is 1. The van der Waals surface area contributed by atoms with Gasteiger partial charge in [-0.2, -0.15) is 0 Å². The molecule has 1 heterocycles. The summed E-state index contributed by atoms with van der Waals surface area (Å²) in [6.45, 7) is 5.48. The van der Waals surface area contributed by atoms with Crippen LogP contribution in [-0.2, 0) is 9.59 Å². The van der Waals surface area contributed by atoms with Gasteiger partial charge in [0.1, 0.15) is 12.1 Å². The molecule has 108 valence electrons. The number of hydrogen-bond acceptors (Lipinski definition) is 2. The van der Waals surface area contributed by atoms with Gasteiger partial charge < -0.3 is 5.32 Å². The number of hydrogen-bond donors (Lipinski definition) is 1. The molecule has 0 saturated carbocycles. The number of piperazine rings is 1. The fourth-order valence-corrected chi connectivity index (χ4v) is 2.52. The predicted molar refractivity (Wildman–Crippen MR) is 80.2 cm³/mol. The predicted octanol–water partition coefficient (Wildman–Crippen LogP) is 2.87. The second kappa shape index (κ2) is 5.62. The highest BCUT2D eigenvalue weighted by atomic mass is 35.5. The molecule has 2 unspecified atom stereocenters. The van der Waals surface area contributed by atoms with E-state index in [9.17, 15) is 9.59 Å². The first-order valence-corrected chi connectivity index (χ1v) is 7.17. The molecule has 1 fully saturated rings. The van der Waals surface area contributed by atoms with Crippen molar-refractivity contribution in [1.29, 1.82) is 0 Å². The Bertz CT molecular complexity index is 560. The average Bonchev–Trinajstić information content (AvgIpc) is 2.38. The van der Waals surface area contributed by atoms with Crippen LogP contribution in [0.4, 0.5) is 5.69 Å². The normalized spacial score (nSPS) is 23.2. The van der Waals surface area contributed by atoms with Gasteiger partial charge in [0.05, 0.1) is 10.0 Å². The minimum atomic E-state index is -0.574. The van der Waals surface area contributed by atoms with Gasteiger partial charge in [-0.05, 0) is 31.0 Å². The molecule has 2 atom stereocenters. The fraction of sp³-hybridized carbons (Fsp3) is 0.429. The highest BCUT2D eigenvalue weighted by Crippen LogP contribution is 2.30. The average molecular weight is 315 g/mol. The number of amides is 2. The first-order chi connectivity index (χ1) is 9.32. The molecule has 1 aliphatic rings. The van der Waals surface area contributed by atoms with E-state index in [1.54, 1.807) is 25.1 Å². The van der Waals surface area contributed by atoms with Crippen molar-refractivity contribution in [3.63, 3.8) is 0 Å². The Hall–Kier alpha value is -1.26. The van der Waals surface area contributed by atoms with Gasteiger partial charge in [0.15, 0.2) is 0 Å². The van der Waals surface area contributed by atoms with Gasteiger partial charge in [0, 0.05) is 5.69 Å². The van der Waals surface area contributed by atoms with Crippen LogP contribution < -0.4 is 10.2 Å². The van der Waals surface area contributed by atoms with Gasteiger partial charge in [-0.15, -0.1) is 0 Å². The third-order valence-electron chi connectivity index (χ3n) is 3.42. The number of halogens is 2. The van der Waals surface area contributed by atoms with E-state index in [1.165, 1.54) is 4.90 Å². The summed E-state index contributed by atoms with van der Waals surface area (Å²) in [5.74, 6) is -0.288. The fourth-order valence-electron chi connectivity index (χ4n) is 2.23. The minimum absolute atomic E-state index is 0.0178. The largest absolute Gasteiger partial charge is 0.342 e. The summed E-state index contributed by atoms with van der Waals surface area (Å²) in [6, 6.07) is 3.83. The Morgan fingerprint density at radius 2 is 1.85 bits per heavy atom. The van der Waals surface area contributed by atoms with Crippen LogP contribution in [0.3, 0.4) is 0 Å². The van der Waals surface area contributed by atoms with E-state index < -0.39 is 12.1 Å². The maximum atomic E-state index is 12.6. The second-order valence-corrected chi connectivity index (χ2v) is 6.03. The van der Waals surface area contributed by atoms with Crippen molar-refractivity contribution >= 4 is 40.7 Å². The van der Waals surface area contributed by atoms with Crippen LogP contribution in [0.2, 0.25) is 10.0 Å². The van der Waals surface area contributed by atoms with Crippen LogP contribution in [0.15, 0.2) is 18.2 Å². The van der Waals surface area contributed by atoms with Gasteiger partial charge in [0.25, 0.3) is 5.91 Å². The molecule has 0 aliphatic carbocycles. The van der Waals surface area contributed by atoms with E-state index in [4.69, 9.17) is 23.2 Å². The number of anilines is 1. The van der Waals surface area contributed by atoms with E-state index in [0.717, 1.165) is 0 Å². The van der Waals surface area contributed by atoms with Crippen LogP contribution in [0.25, 0.3) is 0 Å². The summed E-state index contributed by atoms with van der Waals surface area (Å²) in [6.07, 6.45) is 0. The summed E-state index contributed by atoms with van der Waals surface area (Å²) >= 11 is 11.9. The molecule has 1 N–H and O–H groups in total. The smallest absolute Gasteiger partial charge is 0.250 e. The van der Waals surface area contributed by atoms with Crippen molar-refractivity contribution in [3.05, 3.63) is 28.2 Å². The van der Waals surface area contributed by atoms with Crippen molar-refractivity contribution in [2.75, 3.05) is 4.90 Å². The molecule has 0 spiro atoms. The van der Waals surface area contributed by atoms with Gasteiger partial charge in [-0.25, -0.2) is 0 Å². The molecule has 0 aromatic heterocycles. The molecule has 1 saturated heterocycles. The molecule has 2 rings (SSSR count). The van der Waals surface area contributed by atoms with Crippen molar-refractivity contribution in [2.45, 2.75) is 32.9 Å². The Morgan fingerprint density at radius 3 is 2.40 bits per heavy atom. The number of rotatable bonds is 2. The molecule has 6 heteroatoms. The standard InChI is InChI=1S/C14H16Cl2N2O2/c1-7(2)12-14(20)18(8(3)13(19)17-12)9-4-5-10(15)11(16)6-9/h4-8,12H,1-3H3,(H,17,19). The quantitative estimate of drug-likeness (QED) is 0.912. The highest BCUT2D eigenvalue weighted by molar-refractivity contribution is 6.42. The van der Waals surface area contributed by atoms with E-state index in [1.807, 2.05) is 13.8 Å². The monoisotopic (exact) mass is 314 g/mol. The molecule has 0 bridgehead atoms. The molecule has 0 radical (unpaired) electrons. The lowest BCUT2D eigenvalue weighted by molar-refractivity contribution is -0.134. The van der Waals surface area contributed by atoms with Gasteiger partial charge >= 0.3 is 0 Å². The van der Waals surface area contributed by atoms with Gasteiger partial charge in [0.2, 0.25) is 5.91 Å². The Balaban J connectivity index is 2.43. The topological polar surface area (TPSA) is 49.4 Å². The van der Waals surface area contributed by atoms with Crippen molar-refractivity contribution < 1.29 is 9.59 Å². The third-order valence-corrected chi connectivity index (χ3v) is 4.16. The molecule has 2 amide bonds. The number of carbonyl (C=O) groups excluding carboxylic acids is 2. The zero-order chi connectivity index (χ0) is 15.0. The van der Waals surface area contributed by atoms with Gasteiger partial charge in [-0.1, -0.05) is 37.0 Å². The van der Waals surface area contributed by atoms with E-state index >= 15 is 0 Å². The SMILES string of the molecule is CC(C)C1NC(=O)C(C)N(c2ccc(Cl)c(Cl)c2)C1=O. The number of nitrogens with one attached hydrogen (secondary N) is 1. The summed E-state index contributed by atoms with van der Waals surface area (Å²) in [7, 11) is 0. The first-order valence-electron chi connectivity index (χ1n) is 6.41. The lowest BCUT2D eigenvalue weighted by Gasteiger charge is -2.38. The third kappa shape index (κ3) is 2.63. The maximum absolute atomic E-state index is 12.6. The highest BCUT2D eigenvalue weighted by Gasteiger charge is 2.40. The zero-order valence-corrected chi connectivity index (χ0v) is 13.0. The zero-order valence-electron chi connectivity index (χ0n) is 11.5. The van der Waals surface area contributed by atoms with E-state index in [2.05, 4.69) is 5.32 Å². The molecule has 1 aromatic rings. The first kappa shape index (κ1) is 15.1. The Morgan fingerprint density at radius 1 is 1.20 bits per heavy atom. The second-order valence-electron chi connectivity index (χ2n) is 5.21. The lowest BCUT2D eigenvalue weighted by Crippen LogP contribution is -2.64. The summed E-state index contributed by atoms with van der Waals surface area (Å²) in [4.78, 5) is 26.1. The molecule has 4 nitrogen and oxygen atoms in total. The van der Waals surface area contributed by atoms with E-state index in [0.29, 0.717) is 15.7 Å². The molecular weight excluding hydrogens is 299 g/mol. The van der Waals surface area contributed by atoms with Crippen LogP contribution >= 0.6 is 23.2 Å². The number of carbonyl (C=O) groups is 2. The van der Waals surface area contributed by atoms with Crippen molar-refractivity contribution in [3.8, 4) is 0 Å². The van der Waals surface area contributed by atoms with Crippen LogP contribution in [0.5, 0.6) is 0 Å². The van der Waals surface area contributed by atoms with Crippen molar-refractivity contribution in [1.82, 2.24) is 5.32 Å². The summed E-state index contributed by atoms with van der Waals surface area (Å²) < 4.78 is 0. The van der Waals surface area contributed by atoms with Crippen molar-refractivity contribution in [2.24, 2.45) is 5.92 Å². The molecular formula is C14H16Cl2N2O2. The Labute approximate surface area is 128 Å². The van der Waals surface area contributed by atoms with Gasteiger partial charge in [-0.3, -0.25) is 14.5 Å². The maximum Gasteiger partial charge on any atom is 0.250 e. The van der Waals surface area contributed by atoms with E-state index in [-0.39, 0.29) is 17.7 Å². The summed E-state index contributed by atoms with van der Waals surface area (Å²) in [5, 5.41) is 3.52.